The number of hydrogen-bond acceptors (Lipinski definition) is 3. The maximum atomic E-state index is 13.0. The third-order valence-electron chi connectivity index (χ3n) is 4.20. The summed E-state index contributed by atoms with van der Waals surface area (Å²) < 4.78 is 17.9. The topological polar surface area (TPSA) is 70.7 Å². The standard InChI is InChI=1S/C19H20FN3O3/c1-26-12-10-21-18(24)16-3-2-4-17-15(16)9-11-23(17)19(25)22-14-7-5-13(20)6-8-14/h2-8H,9-12H2,1H3,(H,21,24)(H,22,25). The lowest BCUT2D eigenvalue weighted by Gasteiger charge is -2.18. The van der Waals surface area contributed by atoms with Crippen LogP contribution in [0.5, 0.6) is 0 Å². The molecule has 2 aromatic carbocycles. The molecule has 0 saturated carbocycles. The van der Waals surface area contributed by atoms with Crippen LogP contribution in [0, 0.1) is 5.82 Å². The quantitative estimate of drug-likeness (QED) is 0.809. The van der Waals surface area contributed by atoms with Crippen molar-refractivity contribution >= 4 is 23.3 Å². The maximum absolute atomic E-state index is 13.0. The zero-order valence-corrected chi connectivity index (χ0v) is 14.4. The zero-order valence-electron chi connectivity index (χ0n) is 14.4. The van der Waals surface area contributed by atoms with E-state index in [0.717, 1.165) is 5.56 Å². The number of nitrogens with one attached hydrogen (secondary N) is 2. The van der Waals surface area contributed by atoms with Gasteiger partial charge in [0.15, 0.2) is 0 Å². The SMILES string of the molecule is COCCNC(=O)c1cccc2c1CCN2C(=O)Nc1ccc(F)cc1. The fraction of sp³-hybridized carbons (Fsp3) is 0.263. The number of carbonyl (C=O) groups excluding carboxylic acids is 2. The maximum Gasteiger partial charge on any atom is 0.326 e. The first kappa shape index (κ1) is 17.9. The van der Waals surface area contributed by atoms with E-state index in [-0.39, 0.29) is 17.8 Å². The lowest BCUT2D eigenvalue weighted by Crippen LogP contribution is -2.33. The van der Waals surface area contributed by atoms with Crippen LogP contribution in [0.3, 0.4) is 0 Å². The first-order valence-electron chi connectivity index (χ1n) is 8.33. The number of anilines is 2. The molecule has 3 amide bonds. The first-order chi connectivity index (χ1) is 12.6. The van der Waals surface area contributed by atoms with Crippen molar-refractivity contribution in [1.29, 1.82) is 0 Å². The highest BCUT2D eigenvalue weighted by atomic mass is 19.1. The number of urea groups is 1. The van der Waals surface area contributed by atoms with Gasteiger partial charge in [-0.15, -0.1) is 0 Å². The van der Waals surface area contributed by atoms with Gasteiger partial charge < -0.3 is 15.4 Å². The summed E-state index contributed by atoms with van der Waals surface area (Å²) in [7, 11) is 1.57. The molecule has 0 unspecified atom stereocenters. The summed E-state index contributed by atoms with van der Waals surface area (Å²) in [6.07, 6.45) is 0.597. The summed E-state index contributed by atoms with van der Waals surface area (Å²) in [6, 6.07) is 10.6. The van der Waals surface area contributed by atoms with E-state index in [2.05, 4.69) is 10.6 Å². The van der Waals surface area contributed by atoms with Crippen molar-refractivity contribution in [1.82, 2.24) is 5.32 Å². The van der Waals surface area contributed by atoms with Crippen LogP contribution in [0.4, 0.5) is 20.6 Å². The molecule has 0 saturated heterocycles. The van der Waals surface area contributed by atoms with Crippen LogP contribution < -0.4 is 15.5 Å². The molecule has 136 valence electrons. The zero-order chi connectivity index (χ0) is 18.5. The van der Waals surface area contributed by atoms with Gasteiger partial charge in [0.25, 0.3) is 5.91 Å². The molecule has 6 nitrogen and oxygen atoms in total. The number of ether oxygens (including phenoxy) is 1. The Morgan fingerprint density at radius 2 is 1.96 bits per heavy atom. The van der Waals surface area contributed by atoms with E-state index in [1.807, 2.05) is 6.07 Å². The Morgan fingerprint density at radius 1 is 1.19 bits per heavy atom. The monoisotopic (exact) mass is 357 g/mol. The molecule has 3 rings (SSSR count). The predicted molar refractivity (Wildman–Crippen MR) is 97.1 cm³/mol. The molecule has 26 heavy (non-hydrogen) atoms. The highest BCUT2D eigenvalue weighted by Crippen LogP contribution is 2.31. The van der Waals surface area contributed by atoms with Gasteiger partial charge in [-0.3, -0.25) is 9.69 Å². The van der Waals surface area contributed by atoms with E-state index in [4.69, 9.17) is 4.74 Å². The Labute approximate surface area is 150 Å². The van der Waals surface area contributed by atoms with E-state index in [9.17, 15) is 14.0 Å². The van der Waals surface area contributed by atoms with Crippen LogP contribution in [-0.4, -0.2) is 38.7 Å². The molecular weight excluding hydrogens is 337 g/mol. The Balaban J connectivity index is 1.74. The molecular formula is C19H20FN3O3. The summed E-state index contributed by atoms with van der Waals surface area (Å²) in [5, 5.41) is 5.55. The van der Waals surface area contributed by atoms with Gasteiger partial charge in [-0.05, 0) is 48.4 Å². The highest BCUT2D eigenvalue weighted by molar-refractivity contribution is 6.05. The minimum Gasteiger partial charge on any atom is -0.383 e. The van der Waals surface area contributed by atoms with E-state index < -0.39 is 0 Å². The van der Waals surface area contributed by atoms with Crippen LogP contribution in [-0.2, 0) is 11.2 Å². The summed E-state index contributed by atoms with van der Waals surface area (Å²) in [4.78, 5) is 26.5. The Kier molecular flexibility index (Phi) is 5.48. The van der Waals surface area contributed by atoms with Crippen molar-refractivity contribution in [2.24, 2.45) is 0 Å². The molecule has 7 heteroatoms. The van der Waals surface area contributed by atoms with Gasteiger partial charge in [-0.2, -0.15) is 0 Å². The van der Waals surface area contributed by atoms with E-state index in [1.54, 1.807) is 24.1 Å². The van der Waals surface area contributed by atoms with E-state index in [0.29, 0.717) is 43.1 Å². The van der Waals surface area contributed by atoms with Gasteiger partial charge in [-0.25, -0.2) is 9.18 Å². The number of nitrogens with zero attached hydrogens (tertiary/aromatic N) is 1. The summed E-state index contributed by atoms with van der Waals surface area (Å²) in [5.74, 6) is -0.543. The second-order valence-electron chi connectivity index (χ2n) is 5.89. The molecule has 2 aromatic rings. The molecule has 0 aromatic heterocycles. The van der Waals surface area contributed by atoms with Crippen molar-refractivity contribution in [2.75, 3.05) is 37.0 Å². The number of halogens is 1. The lowest BCUT2D eigenvalue weighted by atomic mass is 10.0. The van der Waals surface area contributed by atoms with Gasteiger partial charge in [0.1, 0.15) is 5.82 Å². The number of methoxy groups -OCH3 is 1. The second-order valence-corrected chi connectivity index (χ2v) is 5.89. The van der Waals surface area contributed by atoms with Crippen LogP contribution in [0.25, 0.3) is 0 Å². The largest absolute Gasteiger partial charge is 0.383 e. The van der Waals surface area contributed by atoms with E-state index >= 15 is 0 Å². The van der Waals surface area contributed by atoms with Crippen molar-refractivity contribution < 1.29 is 18.7 Å². The molecule has 0 bridgehead atoms. The van der Waals surface area contributed by atoms with Gasteiger partial charge in [0.2, 0.25) is 0 Å². The molecule has 0 aliphatic carbocycles. The first-order valence-corrected chi connectivity index (χ1v) is 8.33. The average molecular weight is 357 g/mol. The minimum atomic E-state index is -0.362. The fourth-order valence-electron chi connectivity index (χ4n) is 2.94. The predicted octanol–water partition coefficient (Wildman–Crippen LogP) is 2.80. The van der Waals surface area contributed by atoms with Gasteiger partial charge in [-0.1, -0.05) is 6.07 Å². The van der Waals surface area contributed by atoms with Crippen molar-refractivity contribution in [3.8, 4) is 0 Å². The summed E-state index contributed by atoms with van der Waals surface area (Å²) >= 11 is 0. The number of rotatable bonds is 5. The minimum absolute atomic E-state index is 0.181. The fourth-order valence-corrected chi connectivity index (χ4v) is 2.94. The number of hydrogen-bond donors (Lipinski definition) is 2. The smallest absolute Gasteiger partial charge is 0.326 e. The molecule has 2 N–H and O–H groups in total. The number of amides is 3. The lowest BCUT2D eigenvalue weighted by molar-refractivity contribution is 0.0936. The highest BCUT2D eigenvalue weighted by Gasteiger charge is 2.28. The molecule has 1 heterocycles. The molecule has 0 radical (unpaired) electrons. The molecule has 0 spiro atoms. The summed E-state index contributed by atoms with van der Waals surface area (Å²) in [6.45, 7) is 1.34. The van der Waals surface area contributed by atoms with Gasteiger partial charge in [0.05, 0.1) is 6.61 Å². The third-order valence-corrected chi connectivity index (χ3v) is 4.20. The normalized spacial score (nSPS) is 12.6. The Hall–Kier alpha value is -2.93. The van der Waals surface area contributed by atoms with Crippen LogP contribution in [0.1, 0.15) is 15.9 Å². The Morgan fingerprint density at radius 3 is 2.69 bits per heavy atom. The van der Waals surface area contributed by atoms with E-state index in [1.165, 1.54) is 24.3 Å². The molecule has 1 aliphatic heterocycles. The van der Waals surface area contributed by atoms with Crippen molar-refractivity contribution in [3.63, 3.8) is 0 Å². The third kappa shape index (κ3) is 3.83. The van der Waals surface area contributed by atoms with Crippen LogP contribution >= 0.6 is 0 Å². The molecule has 1 aliphatic rings. The second kappa shape index (κ2) is 7.97. The van der Waals surface area contributed by atoms with Crippen molar-refractivity contribution in [2.45, 2.75) is 6.42 Å². The molecule has 0 atom stereocenters. The average Bonchev–Trinajstić information content (AvgIpc) is 3.08. The summed E-state index contributed by atoms with van der Waals surface area (Å²) in [5.41, 5.74) is 2.63. The van der Waals surface area contributed by atoms with Crippen LogP contribution in [0.2, 0.25) is 0 Å². The van der Waals surface area contributed by atoms with Crippen LogP contribution in [0.15, 0.2) is 42.5 Å². The van der Waals surface area contributed by atoms with Crippen molar-refractivity contribution in [3.05, 3.63) is 59.4 Å². The molecule has 0 fully saturated rings. The Bertz CT molecular complexity index is 808. The number of fused-ring (bicyclic) bond motifs is 1. The number of benzene rings is 2. The van der Waals surface area contributed by atoms with Gasteiger partial charge >= 0.3 is 6.03 Å². The number of carbonyl (C=O) groups is 2. The van der Waals surface area contributed by atoms with Gasteiger partial charge in [0, 0.05) is 37.1 Å².